The Labute approximate surface area is 162 Å². The second kappa shape index (κ2) is 6.72. The van der Waals surface area contributed by atoms with Crippen LogP contribution in [-0.2, 0) is 10.0 Å². The molecule has 11 heteroatoms. The fourth-order valence-electron chi connectivity index (χ4n) is 2.81. The summed E-state index contributed by atoms with van der Waals surface area (Å²) in [5, 5.41) is 6.02. The third-order valence-corrected chi connectivity index (χ3v) is 8.16. The molecule has 0 saturated carbocycles. The SMILES string of the molecule is O=C(c1nn2cccnc2c1Br)N1CCN(S(=O)(=O)c2cccs2)CC1. The van der Waals surface area contributed by atoms with Crippen LogP contribution in [-0.4, -0.2) is 64.3 Å². The van der Waals surface area contributed by atoms with Crippen molar-refractivity contribution in [2.24, 2.45) is 0 Å². The number of thiophene rings is 1. The number of hydrogen-bond donors (Lipinski definition) is 0. The molecule has 0 unspecified atom stereocenters. The standard InChI is InChI=1S/C15H14BrN5O3S2/c16-12-13(18-21-5-2-4-17-14(12)21)15(22)19-6-8-20(9-7-19)26(23,24)11-3-1-10-25-11/h1-5,10H,6-9H2. The zero-order chi connectivity index (χ0) is 18.3. The van der Waals surface area contributed by atoms with Gasteiger partial charge in [0.1, 0.15) is 4.21 Å². The highest BCUT2D eigenvalue weighted by Crippen LogP contribution is 2.25. The normalized spacial score (nSPS) is 16.3. The van der Waals surface area contributed by atoms with E-state index in [-0.39, 0.29) is 24.7 Å². The van der Waals surface area contributed by atoms with Crippen molar-refractivity contribution in [3.8, 4) is 0 Å². The average molecular weight is 456 g/mol. The lowest BCUT2D eigenvalue weighted by Gasteiger charge is -2.33. The first-order chi connectivity index (χ1) is 12.5. The number of aromatic nitrogens is 3. The van der Waals surface area contributed by atoms with Gasteiger partial charge in [0.05, 0.1) is 4.47 Å². The van der Waals surface area contributed by atoms with Crippen LogP contribution in [0.1, 0.15) is 10.5 Å². The van der Waals surface area contributed by atoms with E-state index in [4.69, 9.17) is 0 Å². The molecule has 4 rings (SSSR count). The van der Waals surface area contributed by atoms with Crippen molar-refractivity contribution in [2.75, 3.05) is 26.2 Å². The predicted molar refractivity (Wildman–Crippen MR) is 99.7 cm³/mol. The van der Waals surface area contributed by atoms with E-state index in [2.05, 4.69) is 26.0 Å². The molecule has 1 aliphatic rings. The van der Waals surface area contributed by atoms with Crippen LogP contribution in [0, 0.1) is 0 Å². The third-order valence-electron chi connectivity index (χ3n) is 4.16. The first-order valence-corrected chi connectivity index (χ1v) is 10.9. The van der Waals surface area contributed by atoms with Gasteiger partial charge in [0.25, 0.3) is 15.9 Å². The van der Waals surface area contributed by atoms with Gasteiger partial charge >= 0.3 is 0 Å². The Bertz CT molecular complexity index is 1060. The molecular formula is C15H14BrN5O3S2. The van der Waals surface area contributed by atoms with Crippen LogP contribution in [0.25, 0.3) is 5.65 Å². The third kappa shape index (κ3) is 2.94. The largest absolute Gasteiger partial charge is 0.335 e. The van der Waals surface area contributed by atoms with Gasteiger partial charge in [-0.15, -0.1) is 11.3 Å². The summed E-state index contributed by atoms with van der Waals surface area (Å²) in [7, 11) is -3.49. The van der Waals surface area contributed by atoms with E-state index in [1.165, 1.54) is 20.2 Å². The molecule has 1 aliphatic heterocycles. The average Bonchev–Trinajstić information content (AvgIpc) is 3.31. The quantitative estimate of drug-likeness (QED) is 0.599. The van der Waals surface area contributed by atoms with E-state index in [9.17, 15) is 13.2 Å². The van der Waals surface area contributed by atoms with E-state index in [0.717, 1.165) is 0 Å². The smallest absolute Gasteiger partial charge is 0.275 e. The molecule has 3 aromatic heterocycles. The summed E-state index contributed by atoms with van der Waals surface area (Å²) in [5.74, 6) is -0.240. The number of fused-ring (bicyclic) bond motifs is 1. The van der Waals surface area contributed by atoms with Crippen molar-refractivity contribution in [1.29, 1.82) is 0 Å². The van der Waals surface area contributed by atoms with Gasteiger partial charge in [-0.05, 0) is 33.4 Å². The number of halogens is 1. The van der Waals surface area contributed by atoms with Crippen LogP contribution in [0.15, 0.2) is 44.7 Å². The number of sulfonamides is 1. The highest BCUT2D eigenvalue weighted by Gasteiger charge is 2.32. The first kappa shape index (κ1) is 17.6. The molecule has 1 amide bonds. The summed E-state index contributed by atoms with van der Waals surface area (Å²) < 4.78 is 29.0. The number of nitrogens with zero attached hydrogens (tertiary/aromatic N) is 5. The molecule has 0 radical (unpaired) electrons. The summed E-state index contributed by atoms with van der Waals surface area (Å²) in [4.78, 5) is 18.6. The van der Waals surface area contributed by atoms with Crippen LogP contribution < -0.4 is 0 Å². The van der Waals surface area contributed by atoms with Gasteiger partial charge in [-0.25, -0.2) is 17.9 Å². The Morgan fingerprint density at radius 3 is 2.62 bits per heavy atom. The predicted octanol–water partition coefficient (Wildman–Crippen LogP) is 1.70. The summed E-state index contributed by atoms with van der Waals surface area (Å²) >= 11 is 4.59. The summed E-state index contributed by atoms with van der Waals surface area (Å²) in [6.45, 7) is 1.15. The van der Waals surface area contributed by atoms with Crippen molar-refractivity contribution in [1.82, 2.24) is 23.8 Å². The second-order valence-corrected chi connectivity index (χ2v) is 9.58. The van der Waals surface area contributed by atoms with Gasteiger partial charge in [-0.2, -0.15) is 9.40 Å². The summed E-state index contributed by atoms with van der Waals surface area (Å²) in [5.41, 5.74) is 0.841. The molecule has 1 fully saturated rings. The van der Waals surface area contributed by atoms with Crippen LogP contribution >= 0.6 is 27.3 Å². The maximum Gasteiger partial charge on any atom is 0.275 e. The van der Waals surface area contributed by atoms with Crippen LogP contribution in [0.4, 0.5) is 0 Å². The van der Waals surface area contributed by atoms with E-state index in [1.807, 2.05) is 0 Å². The zero-order valence-electron chi connectivity index (χ0n) is 13.4. The Morgan fingerprint density at radius 2 is 1.96 bits per heavy atom. The molecule has 1 saturated heterocycles. The molecule has 136 valence electrons. The fraction of sp³-hybridized carbons (Fsp3) is 0.267. The lowest BCUT2D eigenvalue weighted by molar-refractivity contribution is 0.0691. The minimum Gasteiger partial charge on any atom is -0.335 e. The number of piperazine rings is 1. The molecule has 8 nitrogen and oxygen atoms in total. The number of hydrogen-bond acceptors (Lipinski definition) is 6. The Hall–Kier alpha value is -1.82. The van der Waals surface area contributed by atoms with Crippen molar-refractivity contribution >= 4 is 48.8 Å². The van der Waals surface area contributed by atoms with Gasteiger partial charge in [0.2, 0.25) is 0 Å². The minimum absolute atomic E-state index is 0.240. The summed E-state index contributed by atoms with van der Waals surface area (Å²) in [6, 6.07) is 5.04. The van der Waals surface area contributed by atoms with E-state index < -0.39 is 10.0 Å². The second-order valence-electron chi connectivity index (χ2n) is 5.68. The minimum atomic E-state index is -3.49. The molecule has 0 N–H and O–H groups in total. The fourth-order valence-corrected chi connectivity index (χ4v) is 5.91. The van der Waals surface area contributed by atoms with Crippen molar-refractivity contribution < 1.29 is 13.2 Å². The van der Waals surface area contributed by atoms with Crippen LogP contribution in [0.2, 0.25) is 0 Å². The Morgan fingerprint density at radius 1 is 1.19 bits per heavy atom. The van der Waals surface area contributed by atoms with Crippen molar-refractivity contribution in [2.45, 2.75) is 4.21 Å². The molecule has 3 aromatic rings. The van der Waals surface area contributed by atoms with Crippen molar-refractivity contribution in [3.63, 3.8) is 0 Å². The highest BCUT2D eigenvalue weighted by molar-refractivity contribution is 9.10. The Balaban J connectivity index is 1.51. The number of carbonyl (C=O) groups excluding carboxylic acids is 1. The molecule has 0 atom stereocenters. The zero-order valence-corrected chi connectivity index (χ0v) is 16.7. The number of amides is 1. The molecule has 4 heterocycles. The molecular weight excluding hydrogens is 442 g/mol. The van der Waals surface area contributed by atoms with Crippen molar-refractivity contribution in [3.05, 3.63) is 46.1 Å². The van der Waals surface area contributed by atoms with Crippen LogP contribution in [0.3, 0.4) is 0 Å². The lowest BCUT2D eigenvalue weighted by atomic mass is 10.3. The highest BCUT2D eigenvalue weighted by atomic mass is 79.9. The Kier molecular flexibility index (Phi) is 4.55. The summed E-state index contributed by atoms with van der Waals surface area (Å²) in [6.07, 6.45) is 3.35. The van der Waals surface area contributed by atoms with E-state index in [0.29, 0.717) is 27.4 Å². The van der Waals surface area contributed by atoms with Gasteiger partial charge in [0.15, 0.2) is 11.3 Å². The number of carbonyl (C=O) groups is 1. The maximum atomic E-state index is 12.8. The lowest BCUT2D eigenvalue weighted by Crippen LogP contribution is -2.50. The monoisotopic (exact) mass is 455 g/mol. The van der Waals surface area contributed by atoms with Gasteiger partial charge < -0.3 is 4.90 Å². The molecule has 0 bridgehead atoms. The molecule has 0 aromatic carbocycles. The van der Waals surface area contributed by atoms with E-state index in [1.54, 1.807) is 40.9 Å². The molecule has 0 aliphatic carbocycles. The van der Waals surface area contributed by atoms with Gasteiger partial charge in [-0.1, -0.05) is 6.07 Å². The topological polar surface area (TPSA) is 87.9 Å². The number of rotatable bonds is 3. The van der Waals surface area contributed by atoms with Gasteiger partial charge in [-0.3, -0.25) is 4.79 Å². The molecule has 0 spiro atoms. The van der Waals surface area contributed by atoms with Crippen LogP contribution in [0.5, 0.6) is 0 Å². The molecule has 26 heavy (non-hydrogen) atoms. The van der Waals surface area contributed by atoms with Gasteiger partial charge in [0, 0.05) is 38.6 Å². The maximum absolute atomic E-state index is 12.8. The van der Waals surface area contributed by atoms with E-state index >= 15 is 0 Å². The first-order valence-electron chi connectivity index (χ1n) is 7.80.